The zero-order valence-corrected chi connectivity index (χ0v) is 13.0. The van der Waals surface area contributed by atoms with Gasteiger partial charge in [-0.25, -0.2) is 0 Å². The standard InChI is InChI=1S/C17H26N2O2/c1-3-21-16-9-8-13(10-15(16)18)17(20)19-11-14-7-5-4-6-12(14)2/h8-10,12,14H,3-7,11,18H2,1-2H3,(H,19,20). The van der Waals surface area contributed by atoms with E-state index >= 15 is 0 Å². The van der Waals surface area contributed by atoms with Gasteiger partial charge in [-0.15, -0.1) is 0 Å². The Labute approximate surface area is 127 Å². The van der Waals surface area contributed by atoms with E-state index in [1.54, 1.807) is 18.2 Å². The Hall–Kier alpha value is -1.71. The minimum absolute atomic E-state index is 0.0532. The van der Waals surface area contributed by atoms with Crippen molar-refractivity contribution in [2.45, 2.75) is 39.5 Å². The zero-order chi connectivity index (χ0) is 15.2. The summed E-state index contributed by atoms with van der Waals surface area (Å²) in [6.07, 6.45) is 5.09. The third-order valence-electron chi connectivity index (χ3n) is 4.39. The highest BCUT2D eigenvalue weighted by Gasteiger charge is 2.21. The molecule has 1 aromatic rings. The second-order valence-corrected chi connectivity index (χ2v) is 5.92. The number of carbonyl (C=O) groups is 1. The van der Waals surface area contributed by atoms with Gasteiger partial charge >= 0.3 is 0 Å². The summed E-state index contributed by atoms with van der Waals surface area (Å²) in [4.78, 5) is 12.2. The summed E-state index contributed by atoms with van der Waals surface area (Å²) in [5, 5.41) is 3.04. The van der Waals surface area contributed by atoms with Crippen LogP contribution in [0.2, 0.25) is 0 Å². The first-order valence-electron chi connectivity index (χ1n) is 7.92. The number of amides is 1. The Morgan fingerprint density at radius 3 is 2.81 bits per heavy atom. The Bertz CT molecular complexity index is 488. The minimum Gasteiger partial charge on any atom is -0.492 e. The maximum Gasteiger partial charge on any atom is 0.251 e. The average molecular weight is 290 g/mol. The molecule has 1 aliphatic carbocycles. The van der Waals surface area contributed by atoms with Crippen LogP contribution in [0, 0.1) is 11.8 Å². The molecule has 0 saturated heterocycles. The molecular weight excluding hydrogens is 264 g/mol. The highest BCUT2D eigenvalue weighted by atomic mass is 16.5. The Balaban J connectivity index is 1.92. The summed E-state index contributed by atoms with van der Waals surface area (Å²) in [7, 11) is 0. The molecule has 1 fully saturated rings. The van der Waals surface area contributed by atoms with Crippen LogP contribution in [0.3, 0.4) is 0 Å². The molecule has 2 unspecified atom stereocenters. The lowest BCUT2D eigenvalue weighted by atomic mass is 9.80. The summed E-state index contributed by atoms with van der Waals surface area (Å²) < 4.78 is 5.38. The van der Waals surface area contributed by atoms with Gasteiger partial charge in [-0.1, -0.05) is 26.2 Å². The first-order valence-corrected chi connectivity index (χ1v) is 7.92. The van der Waals surface area contributed by atoms with E-state index in [4.69, 9.17) is 10.5 Å². The van der Waals surface area contributed by atoms with E-state index in [1.807, 2.05) is 6.92 Å². The summed E-state index contributed by atoms with van der Waals surface area (Å²) in [6, 6.07) is 5.21. The summed E-state index contributed by atoms with van der Waals surface area (Å²) in [5.74, 6) is 1.88. The van der Waals surface area contributed by atoms with Gasteiger partial charge in [-0.3, -0.25) is 4.79 Å². The zero-order valence-electron chi connectivity index (χ0n) is 13.0. The summed E-state index contributed by atoms with van der Waals surface area (Å²) in [6.45, 7) is 5.51. The van der Waals surface area contributed by atoms with E-state index in [9.17, 15) is 4.79 Å². The van der Waals surface area contributed by atoms with Crippen LogP contribution in [0.1, 0.15) is 49.9 Å². The van der Waals surface area contributed by atoms with Crippen molar-refractivity contribution in [2.24, 2.45) is 11.8 Å². The monoisotopic (exact) mass is 290 g/mol. The minimum atomic E-state index is -0.0532. The number of hydrogen-bond acceptors (Lipinski definition) is 3. The Morgan fingerprint density at radius 2 is 2.14 bits per heavy atom. The molecule has 0 spiro atoms. The van der Waals surface area contributed by atoms with Crippen molar-refractivity contribution in [3.8, 4) is 5.75 Å². The van der Waals surface area contributed by atoms with Gasteiger partial charge < -0.3 is 15.8 Å². The summed E-state index contributed by atoms with van der Waals surface area (Å²) >= 11 is 0. The second-order valence-electron chi connectivity index (χ2n) is 5.92. The molecule has 0 bridgehead atoms. The second kappa shape index (κ2) is 7.34. The first-order chi connectivity index (χ1) is 10.1. The molecular formula is C17H26N2O2. The van der Waals surface area contributed by atoms with Crippen LogP contribution in [0.4, 0.5) is 5.69 Å². The van der Waals surface area contributed by atoms with Crippen LogP contribution >= 0.6 is 0 Å². The van der Waals surface area contributed by atoms with Crippen molar-refractivity contribution in [2.75, 3.05) is 18.9 Å². The maximum atomic E-state index is 12.2. The fourth-order valence-electron chi connectivity index (χ4n) is 3.00. The third-order valence-corrected chi connectivity index (χ3v) is 4.39. The molecule has 1 aromatic carbocycles. The third kappa shape index (κ3) is 4.13. The molecule has 0 radical (unpaired) electrons. The lowest BCUT2D eigenvalue weighted by molar-refractivity contribution is 0.0936. The van der Waals surface area contributed by atoms with Crippen molar-refractivity contribution >= 4 is 11.6 Å². The number of carbonyl (C=O) groups excluding carboxylic acids is 1. The molecule has 2 rings (SSSR count). The van der Waals surface area contributed by atoms with Crippen LogP contribution in [-0.4, -0.2) is 19.1 Å². The first kappa shape index (κ1) is 15.7. The van der Waals surface area contributed by atoms with E-state index < -0.39 is 0 Å². The number of hydrogen-bond donors (Lipinski definition) is 2. The van der Waals surface area contributed by atoms with E-state index in [0.29, 0.717) is 35.4 Å². The molecule has 116 valence electrons. The number of nitrogen functional groups attached to an aromatic ring is 1. The maximum absolute atomic E-state index is 12.2. The van der Waals surface area contributed by atoms with Crippen molar-refractivity contribution in [1.82, 2.24) is 5.32 Å². The van der Waals surface area contributed by atoms with Crippen molar-refractivity contribution in [3.63, 3.8) is 0 Å². The van der Waals surface area contributed by atoms with Crippen molar-refractivity contribution in [1.29, 1.82) is 0 Å². The summed E-state index contributed by atoms with van der Waals surface area (Å²) in [5.41, 5.74) is 7.01. The van der Waals surface area contributed by atoms with E-state index in [0.717, 1.165) is 6.54 Å². The largest absolute Gasteiger partial charge is 0.492 e. The van der Waals surface area contributed by atoms with Crippen molar-refractivity contribution in [3.05, 3.63) is 23.8 Å². The molecule has 4 nitrogen and oxygen atoms in total. The molecule has 1 amide bonds. The molecule has 1 saturated carbocycles. The van der Waals surface area contributed by atoms with E-state index in [2.05, 4.69) is 12.2 Å². The van der Waals surface area contributed by atoms with Gasteiger partial charge in [0.15, 0.2) is 0 Å². The molecule has 0 heterocycles. The van der Waals surface area contributed by atoms with Gasteiger partial charge in [-0.05, 0) is 43.4 Å². The molecule has 2 atom stereocenters. The van der Waals surface area contributed by atoms with Crippen LogP contribution in [0.5, 0.6) is 5.75 Å². The number of ether oxygens (including phenoxy) is 1. The Morgan fingerprint density at radius 1 is 1.38 bits per heavy atom. The molecule has 3 N–H and O–H groups in total. The van der Waals surface area contributed by atoms with Crippen molar-refractivity contribution < 1.29 is 9.53 Å². The quantitative estimate of drug-likeness (QED) is 0.818. The van der Waals surface area contributed by atoms with Gasteiger partial charge in [-0.2, -0.15) is 0 Å². The normalized spacial score (nSPS) is 21.8. The Kier molecular flexibility index (Phi) is 5.48. The van der Waals surface area contributed by atoms with Crippen LogP contribution in [-0.2, 0) is 0 Å². The van der Waals surface area contributed by atoms with E-state index in [-0.39, 0.29) is 5.91 Å². The van der Waals surface area contributed by atoms with Crippen LogP contribution < -0.4 is 15.8 Å². The number of benzene rings is 1. The topological polar surface area (TPSA) is 64.3 Å². The smallest absolute Gasteiger partial charge is 0.251 e. The van der Waals surface area contributed by atoms with Gasteiger partial charge in [0.05, 0.1) is 12.3 Å². The lowest BCUT2D eigenvalue weighted by Gasteiger charge is -2.28. The van der Waals surface area contributed by atoms with Crippen LogP contribution in [0.15, 0.2) is 18.2 Å². The number of rotatable bonds is 5. The molecule has 4 heteroatoms. The molecule has 1 aliphatic rings. The number of nitrogens with one attached hydrogen (secondary N) is 1. The van der Waals surface area contributed by atoms with Gasteiger partial charge in [0, 0.05) is 12.1 Å². The molecule has 21 heavy (non-hydrogen) atoms. The predicted octanol–water partition coefficient (Wildman–Crippen LogP) is 3.22. The van der Waals surface area contributed by atoms with E-state index in [1.165, 1.54) is 25.7 Å². The number of nitrogens with two attached hydrogens (primary N) is 1. The average Bonchev–Trinajstić information content (AvgIpc) is 2.48. The van der Waals surface area contributed by atoms with Gasteiger partial charge in [0.25, 0.3) is 5.91 Å². The highest BCUT2D eigenvalue weighted by molar-refractivity contribution is 5.95. The lowest BCUT2D eigenvalue weighted by Crippen LogP contribution is -2.33. The number of anilines is 1. The fourth-order valence-corrected chi connectivity index (χ4v) is 3.00. The molecule has 0 aromatic heterocycles. The predicted molar refractivity (Wildman–Crippen MR) is 85.5 cm³/mol. The fraction of sp³-hybridized carbons (Fsp3) is 0.588. The van der Waals surface area contributed by atoms with Crippen LogP contribution in [0.25, 0.3) is 0 Å². The SMILES string of the molecule is CCOc1ccc(C(=O)NCC2CCCCC2C)cc1N. The molecule has 0 aliphatic heterocycles. The van der Waals surface area contributed by atoms with Gasteiger partial charge in [0.2, 0.25) is 0 Å². The van der Waals surface area contributed by atoms with Gasteiger partial charge in [0.1, 0.15) is 5.75 Å². The highest BCUT2D eigenvalue weighted by Crippen LogP contribution is 2.29.